The quantitative estimate of drug-likeness (QED) is 0.0213. The maximum atomic E-state index is 15.7. The Kier molecular flexibility index (Phi) is 35.9. The average Bonchev–Trinajstić information content (AvgIpc) is 1.63. The fourth-order valence-electron chi connectivity index (χ4n) is 17.8. The summed E-state index contributed by atoms with van der Waals surface area (Å²) in [6.45, 7) is 25.1. The van der Waals surface area contributed by atoms with Gasteiger partial charge in [0.1, 0.15) is 35.8 Å². The standard InChI is InChI=1S/C52H59F4N9O7S.C27H26F4N4O4.C25H35N5O4S/c1-28-24-64(25-29(2)63(28)7)41-15-13-33(19-40(41)61-48(70)37-23-58-44(68)21-38(37)52(54,55)56)36-18-34(12-14-39(36)53)47(69)57-17-16-43(67)62-46(51(4,5)6)50(72)65-26-35(66)20-42(65)49(71)59-22-31-8-10-32(11-9-31)45-30(3)60-27-73-45;1-14-12-35(13-15(2)34(14)3)23-7-5-16(18-8-17(26(38)39)4-6-21(18)28)9-22(23)33-25(37)19-11-32-24(36)10-20(19)27(29,30)31;1-15-21(35-14-28-15)17-7-5-16(6-8-17)12-27-23(33)19-11-18(31)13-30(19)24(34)22(25(2,3)4)29-20(32)9-10-26/h8-15,18-19,21,23,27-29,35,42,46,66H,16-17,20,22,24-26H2,1-7H3,(H,57,69)(H,58,68)(H,59,71)(H,61,70)(H,62,67);4-11,14-15H,12-13H2,1-3H3,(H,32,36)(H,33,37)(H,38,39);5-8,14,18-19,22,31H,9-13,26H2,1-4H3,(H,27,33)(H,29,32)/t28-,29+,35-,42+,46-;14-,15+;18-,19+,22-/m1.1/s1. The molecule has 0 unspecified atom stereocenters. The highest BCUT2D eigenvalue weighted by atomic mass is 32.1. The number of piperazine rings is 2. The van der Waals surface area contributed by atoms with Crippen molar-refractivity contribution in [1.29, 1.82) is 0 Å². The van der Waals surface area contributed by atoms with Crippen molar-refractivity contribution in [3.63, 3.8) is 0 Å². The first-order chi connectivity index (χ1) is 69.1. The molecule has 4 aromatic heterocycles. The zero-order valence-corrected chi connectivity index (χ0v) is 85.1. The smallest absolute Gasteiger partial charge is 0.417 e. The number of likely N-dealkylation sites (tertiary alicyclic amines) is 2. The summed E-state index contributed by atoms with van der Waals surface area (Å²) in [4.78, 5) is 181. The number of aryl methyl sites for hydroxylation is 2. The van der Waals surface area contributed by atoms with E-state index in [4.69, 9.17) is 5.73 Å². The van der Waals surface area contributed by atoms with Gasteiger partial charge in [0.15, 0.2) is 0 Å². The Morgan fingerprint density at radius 1 is 0.483 bits per heavy atom. The van der Waals surface area contributed by atoms with Gasteiger partial charge in [0.25, 0.3) is 17.7 Å². The number of rotatable bonds is 27. The molecule has 9 amide bonds. The summed E-state index contributed by atoms with van der Waals surface area (Å²) in [7, 11) is 3.95. The summed E-state index contributed by atoms with van der Waals surface area (Å²) in [6, 6.07) is 28.7. The van der Waals surface area contributed by atoms with Crippen LogP contribution in [0.1, 0.15) is 170 Å². The van der Waals surface area contributed by atoms with E-state index in [1.165, 1.54) is 45.4 Å². The molecule has 8 heterocycles. The van der Waals surface area contributed by atoms with Crippen LogP contribution < -0.4 is 63.9 Å². The van der Waals surface area contributed by atoms with E-state index in [1.807, 2.05) is 140 Å². The monoisotopic (exact) mass is 2080 g/mol. The number of hydrogen-bond donors (Lipinski definition) is 13. The summed E-state index contributed by atoms with van der Waals surface area (Å²) in [5, 5.41) is 49.2. The summed E-state index contributed by atoms with van der Waals surface area (Å²) in [6.07, 6.45) is -10.4. The first-order valence-electron chi connectivity index (χ1n) is 47.5. The number of carboxylic acids is 1. The van der Waals surface area contributed by atoms with E-state index in [2.05, 4.69) is 67.0 Å². The van der Waals surface area contributed by atoms with E-state index in [9.17, 15) is 104 Å². The normalized spacial score (nSPS) is 18.6. The number of thiazole rings is 2. The van der Waals surface area contributed by atoms with E-state index < -0.39 is 146 Å². The van der Waals surface area contributed by atoms with Crippen molar-refractivity contribution >= 4 is 105 Å². The number of β-amino-alcohol motifs (C(OH)–C–C–N with tert-alkyl or cyclic N) is 2. The first-order valence-corrected chi connectivity index (χ1v) is 49.3. The Labute approximate surface area is 850 Å². The Balaban J connectivity index is 0.000000217. The van der Waals surface area contributed by atoms with Gasteiger partial charge in [0.05, 0.1) is 94.9 Å². The van der Waals surface area contributed by atoms with Crippen LogP contribution >= 0.6 is 22.7 Å². The number of aliphatic hydroxyl groups is 2. The number of pyridine rings is 2. The highest BCUT2D eigenvalue weighted by molar-refractivity contribution is 7.13. The van der Waals surface area contributed by atoms with E-state index in [-0.39, 0.29) is 145 Å². The van der Waals surface area contributed by atoms with Crippen molar-refractivity contribution in [1.82, 2.24) is 66.1 Å². The van der Waals surface area contributed by atoms with E-state index in [0.29, 0.717) is 68.6 Å². The minimum Gasteiger partial charge on any atom is -0.478 e. The summed E-state index contributed by atoms with van der Waals surface area (Å²) >= 11 is 3.12. The predicted molar refractivity (Wildman–Crippen MR) is 542 cm³/mol. The number of aromatic amines is 2. The molecule has 0 saturated carbocycles. The Morgan fingerprint density at radius 2 is 0.850 bits per heavy atom. The molecule has 14 rings (SSSR count). The fraction of sp³-hybridized carbons (Fsp3) is 0.404. The van der Waals surface area contributed by atoms with Gasteiger partial charge in [-0.1, -0.05) is 102 Å². The van der Waals surface area contributed by atoms with E-state index in [0.717, 1.165) is 67.7 Å². The Bertz CT molecular complexity index is 6620. The molecular weight excluding hydrogens is 1960 g/mol. The topological polar surface area (TPSA) is 453 Å². The van der Waals surface area contributed by atoms with Gasteiger partial charge in [-0.15, -0.1) is 22.7 Å². The second-order valence-electron chi connectivity index (χ2n) is 39.3. The van der Waals surface area contributed by atoms with Crippen LogP contribution in [0, 0.1) is 36.3 Å². The molecule has 147 heavy (non-hydrogen) atoms. The molecule has 0 radical (unpaired) electrons. The van der Waals surface area contributed by atoms with Gasteiger partial charge < -0.3 is 87.8 Å². The molecule has 10 atom stereocenters. The minimum absolute atomic E-state index is 0.000991. The molecule has 0 spiro atoms. The molecule has 4 saturated heterocycles. The number of halogens is 8. The third-order valence-corrected chi connectivity index (χ3v) is 28.3. The molecular formula is C104H120F8N18O15S2. The van der Waals surface area contributed by atoms with Crippen LogP contribution in [-0.4, -0.2) is 241 Å². The molecule has 33 nitrogen and oxygen atoms in total. The number of benzene rings is 6. The number of aliphatic hydroxyl groups excluding tert-OH is 2. The number of alkyl halides is 6. The third-order valence-electron chi connectivity index (χ3n) is 26.3. The molecule has 14 N–H and O–H groups in total. The number of amides is 9. The Hall–Kier alpha value is -14.0. The number of aromatic nitrogens is 4. The van der Waals surface area contributed by atoms with Crippen LogP contribution in [0.25, 0.3) is 43.1 Å². The molecule has 0 bridgehead atoms. The fourth-order valence-corrected chi connectivity index (χ4v) is 19.5. The number of aromatic carboxylic acids is 1. The highest BCUT2D eigenvalue weighted by Gasteiger charge is 2.48. The van der Waals surface area contributed by atoms with Gasteiger partial charge in [0, 0.05) is 157 Å². The van der Waals surface area contributed by atoms with Gasteiger partial charge in [-0.3, -0.25) is 62.5 Å². The van der Waals surface area contributed by atoms with Gasteiger partial charge in [-0.25, -0.2) is 23.5 Å². The molecule has 0 aliphatic carbocycles. The molecule has 784 valence electrons. The van der Waals surface area contributed by atoms with E-state index >= 15 is 4.39 Å². The van der Waals surface area contributed by atoms with Gasteiger partial charge in [-0.2, -0.15) is 26.3 Å². The number of nitrogens with two attached hydrogens (primary N) is 1. The number of nitrogens with zero attached hydrogens (tertiary/aromatic N) is 8. The number of carboxylic acid groups (broad SMARTS) is 1. The molecule has 10 aromatic rings. The third kappa shape index (κ3) is 27.9. The number of hydrogen-bond acceptors (Lipinski definition) is 23. The number of H-pyrrole nitrogens is 2. The summed E-state index contributed by atoms with van der Waals surface area (Å²) in [5.74, 6) is -8.36. The molecule has 4 fully saturated rings. The number of anilines is 4. The van der Waals surface area contributed by atoms with Gasteiger partial charge in [0.2, 0.25) is 46.6 Å². The molecule has 43 heteroatoms. The Morgan fingerprint density at radius 3 is 1.20 bits per heavy atom. The lowest BCUT2D eigenvalue weighted by molar-refractivity contribution is -0.144. The van der Waals surface area contributed by atoms with Crippen LogP contribution in [0.5, 0.6) is 0 Å². The number of likely N-dealkylation sites (N-methyl/N-ethyl adjacent to an activating group) is 2. The number of carbonyl (C=O) groups is 10. The average molecular weight is 2080 g/mol. The van der Waals surface area contributed by atoms with Crippen molar-refractivity contribution in [3.8, 4) is 43.1 Å². The first kappa shape index (κ1) is 112. The second kappa shape index (κ2) is 47.2. The van der Waals surface area contributed by atoms with Crippen molar-refractivity contribution in [2.75, 3.05) is 86.9 Å². The largest absolute Gasteiger partial charge is 0.478 e. The summed E-state index contributed by atoms with van der Waals surface area (Å²) in [5.41, 5.74) is 8.00. The number of carbonyl (C=O) groups excluding carboxylic acids is 9. The maximum Gasteiger partial charge on any atom is 0.417 e. The summed E-state index contributed by atoms with van der Waals surface area (Å²) < 4.78 is 113. The minimum atomic E-state index is -5.03. The van der Waals surface area contributed by atoms with Crippen molar-refractivity contribution < 1.29 is 98.4 Å². The van der Waals surface area contributed by atoms with Crippen molar-refractivity contribution in [2.24, 2.45) is 16.6 Å². The second-order valence-corrected chi connectivity index (χ2v) is 41.0. The van der Waals surface area contributed by atoms with Crippen molar-refractivity contribution in [3.05, 3.63) is 245 Å². The maximum absolute atomic E-state index is 15.7. The predicted octanol–water partition coefficient (Wildman–Crippen LogP) is 12.6. The van der Waals surface area contributed by atoms with Crippen LogP contribution in [0.15, 0.2) is 166 Å². The lowest BCUT2D eigenvalue weighted by Gasteiger charge is -2.44. The van der Waals surface area contributed by atoms with Gasteiger partial charge >= 0.3 is 18.3 Å². The molecule has 4 aliphatic rings. The molecule has 6 aromatic carbocycles. The van der Waals surface area contributed by atoms with E-state index in [1.54, 1.807) is 61.9 Å². The SMILES string of the molecule is C[C@@H]1CN(c2ccc(-c3cc(C(=O)O)ccc3F)cc2NC(=O)c2c[nH]c(=O)cc2C(F)(F)F)C[C@H](C)N1C.Cc1ncsc1-c1ccc(CNC(=O)[C@@H]2C[C@@H](O)CN2C(=O)[C@@H](NC(=O)CCN)C(C)(C)C)cc1.Cc1ncsc1-c1ccc(CNC(=O)[C@@H]2C[C@@H](O)CN2C(=O)[C@@H](NC(=O)CCNC(=O)c2ccc(F)c(-c3ccc(N4C[C@@H](C)N(C)[C@@H](C)C4)c(NC(=O)c4c[nH]c(=O)cc4C(F)(F)F)c3)c2)C(C)(C)C)cc1. The van der Waals surface area contributed by atoms with Crippen LogP contribution in [-0.2, 0) is 54.2 Å². The van der Waals surface area contributed by atoms with Crippen LogP contribution in [0.4, 0.5) is 57.9 Å². The number of nitrogens with one attached hydrogen (secondary N) is 9. The lowest BCUT2D eigenvalue weighted by Crippen LogP contribution is -2.57. The molecule has 4 aliphatic heterocycles. The van der Waals surface area contributed by atoms with Crippen LogP contribution in [0.3, 0.4) is 0 Å². The van der Waals surface area contributed by atoms with Crippen molar-refractivity contribution in [2.45, 2.75) is 195 Å². The van der Waals surface area contributed by atoms with Crippen LogP contribution in [0.2, 0.25) is 0 Å². The highest BCUT2D eigenvalue weighted by Crippen LogP contribution is 2.42. The lowest BCUT2D eigenvalue weighted by atomic mass is 9.85. The van der Waals surface area contributed by atoms with Gasteiger partial charge in [-0.05, 0) is 161 Å². The zero-order chi connectivity index (χ0) is 107. The zero-order valence-electron chi connectivity index (χ0n) is 83.4.